The molecule has 0 amide bonds. The Morgan fingerprint density at radius 2 is 1.92 bits per heavy atom. The molecule has 0 saturated carbocycles. The molecule has 0 fully saturated rings. The topological polar surface area (TPSA) is 66.6 Å². The summed E-state index contributed by atoms with van der Waals surface area (Å²) in [5, 5.41) is 0. The van der Waals surface area contributed by atoms with Gasteiger partial charge < -0.3 is 0 Å². The maximum Gasteiger partial charge on any atom is 0.397 e. The highest BCUT2D eigenvalue weighted by molar-refractivity contribution is 7.80. The van der Waals surface area contributed by atoms with Gasteiger partial charge in [0, 0.05) is 6.92 Å². The van der Waals surface area contributed by atoms with Gasteiger partial charge in [0.05, 0.1) is 13.0 Å². The molecule has 0 heterocycles. The molecular formula is C7H18NO4S+. The van der Waals surface area contributed by atoms with Crippen LogP contribution in [0.15, 0.2) is 0 Å². The summed E-state index contributed by atoms with van der Waals surface area (Å²) in [4.78, 5) is 0. The first-order valence-corrected chi connectivity index (χ1v) is 4.81. The molecule has 6 heteroatoms. The van der Waals surface area contributed by atoms with E-state index in [1.807, 2.05) is 25.6 Å². The smallest absolute Gasteiger partial charge is 0.264 e. The van der Waals surface area contributed by atoms with E-state index in [4.69, 9.17) is 4.55 Å². The number of rotatable bonds is 4. The van der Waals surface area contributed by atoms with E-state index in [0.717, 1.165) is 5.71 Å². The summed E-state index contributed by atoms with van der Waals surface area (Å²) in [7, 11) is -0.577. The van der Waals surface area contributed by atoms with E-state index in [1.54, 1.807) is 0 Å². The van der Waals surface area contributed by atoms with Crippen LogP contribution >= 0.6 is 0 Å². The van der Waals surface area contributed by atoms with Crippen molar-refractivity contribution in [2.75, 3.05) is 20.7 Å². The maximum atomic E-state index is 10.1. The standard InChI is InChI=1S/C6H13NO4S.CH4/c1-6(7(2)3)4-5-11-12(8,9)10;/h4-5H2,1-3H3;1H4/p+1. The first-order chi connectivity index (χ1) is 5.33. The third kappa shape index (κ3) is 9.45. The number of hydrogen-bond donors (Lipinski definition) is 1. The van der Waals surface area contributed by atoms with Crippen molar-refractivity contribution in [2.45, 2.75) is 20.8 Å². The van der Waals surface area contributed by atoms with E-state index in [1.165, 1.54) is 0 Å². The second kappa shape index (κ2) is 6.06. The molecule has 0 saturated heterocycles. The Hall–Kier alpha value is -0.460. The zero-order chi connectivity index (χ0) is 9.78. The molecule has 0 aliphatic heterocycles. The summed E-state index contributed by atoms with van der Waals surface area (Å²) >= 11 is 0. The van der Waals surface area contributed by atoms with E-state index in [9.17, 15) is 8.42 Å². The zero-order valence-electron chi connectivity index (χ0n) is 7.44. The van der Waals surface area contributed by atoms with Gasteiger partial charge in [-0.25, -0.2) is 8.76 Å². The molecule has 80 valence electrons. The van der Waals surface area contributed by atoms with Crippen LogP contribution in [0.2, 0.25) is 0 Å². The summed E-state index contributed by atoms with van der Waals surface area (Å²) in [6, 6.07) is 0. The van der Waals surface area contributed by atoms with Crippen LogP contribution < -0.4 is 0 Å². The van der Waals surface area contributed by atoms with Gasteiger partial charge in [-0.1, -0.05) is 7.43 Å². The number of nitrogens with zero attached hydrogens (tertiary/aromatic N) is 1. The van der Waals surface area contributed by atoms with Crippen LogP contribution in [0.1, 0.15) is 20.8 Å². The summed E-state index contributed by atoms with van der Waals surface area (Å²) in [6.07, 6.45) is 0.479. The van der Waals surface area contributed by atoms with Crippen molar-refractivity contribution in [1.82, 2.24) is 0 Å². The molecule has 0 aromatic rings. The minimum Gasteiger partial charge on any atom is -0.264 e. The Morgan fingerprint density at radius 3 is 2.23 bits per heavy atom. The second-order valence-electron chi connectivity index (χ2n) is 2.63. The van der Waals surface area contributed by atoms with Gasteiger partial charge in [0.25, 0.3) is 0 Å². The summed E-state index contributed by atoms with van der Waals surface area (Å²) in [5.74, 6) is 0. The molecule has 0 aliphatic carbocycles. The molecule has 0 atom stereocenters. The van der Waals surface area contributed by atoms with Crippen LogP contribution in [0.3, 0.4) is 0 Å². The van der Waals surface area contributed by atoms with Crippen LogP contribution in [-0.4, -0.2) is 44.0 Å². The predicted octanol–water partition coefficient (Wildman–Crippen LogP) is 0.565. The first kappa shape index (κ1) is 15.0. The van der Waals surface area contributed by atoms with Crippen LogP contribution in [0.5, 0.6) is 0 Å². The van der Waals surface area contributed by atoms with Crippen molar-refractivity contribution in [3.05, 3.63) is 0 Å². The van der Waals surface area contributed by atoms with Gasteiger partial charge in [0.15, 0.2) is 5.71 Å². The van der Waals surface area contributed by atoms with E-state index < -0.39 is 10.4 Å². The monoisotopic (exact) mass is 212 g/mol. The maximum absolute atomic E-state index is 10.1. The Bertz CT molecular complexity index is 264. The third-order valence-corrected chi connectivity index (χ3v) is 1.92. The zero-order valence-corrected chi connectivity index (χ0v) is 8.26. The summed E-state index contributed by atoms with van der Waals surface area (Å²) < 4.78 is 34.4. The molecule has 0 rings (SSSR count). The van der Waals surface area contributed by atoms with Crippen molar-refractivity contribution in [3.63, 3.8) is 0 Å². The van der Waals surface area contributed by atoms with E-state index in [0.29, 0.717) is 6.42 Å². The lowest BCUT2D eigenvalue weighted by molar-refractivity contribution is -0.466. The van der Waals surface area contributed by atoms with Crippen molar-refractivity contribution in [1.29, 1.82) is 0 Å². The highest BCUT2D eigenvalue weighted by atomic mass is 32.3. The molecule has 13 heavy (non-hydrogen) atoms. The lowest BCUT2D eigenvalue weighted by Crippen LogP contribution is -2.14. The quantitative estimate of drug-likeness (QED) is 0.420. The van der Waals surface area contributed by atoms with E-state index in [2.05, 4.69) is 4.18 Å². The lowest BCUT2D eigenvalue weighted by Gasteiger charge is -1.98. The Balaban J connectivity index is 0. The predicted molar refractivity (Wildman–Crippen MR) is 51.6 cm³/mol. The van der Waals surface area contributed by atoms with Gasteiger partial charge in [0.2, 0.25) is 0 Å². The van der Waals surface area contributed by atoms with Gasteiger partial charge in [-0.2, -0.15) is 8.42 Å². The Labute approximate surface area is 80.0 Å². The van der Waals surface area contributed by atoms with Crippen LogP contribution in [-0.2, 0) is 14.6 Å². The molecular weight excluding hydrogens is 194 g/mol. The summed E-state index contributed by atoms with van der Waals surface area (Å²) in [5.41, 5.74) is 0.985. The molecule has 0 unspecified atom stereocenters. The molecule has 5 nitrogen and oxygen atoms in total. The molecule has 1 N–H and O–H groups in total. The van der Waals surface area contributed by atoms with Crippen molar-refractivity contribution in [3.8, 4) is 0 Å². The van der Waals surface area contributed by atoms with Gasteiger partial charge in [-0.15, -0.1) is 0 Å². The molecule has 0 spiro atoms. The fourth-order valence-corrected chi connectivity index (χ4v) is 0.812. The van der Waals surface area contributed by atoms with E-state index in [-0.39, 0.29) is 14.0 Å². The highest BCUT2D eigenvalue weighted by Crippen LogP contribution is 1.91. The van der Waals surface area contributed by atoms with Gasteiger partial charge >= 0.3 is 10.4 Å². The van der Waals surface area contributed by atoms with Gasteiger partial charge in [-0.3, -0.25) is 4.55 Å². The van der Waals surface area contributed by atoms with Gasteiger partial charge in [-0.05, 0) is 0 Å². The van der Waals surface area contributed by atoms with Crippen molar-refractivity contribution < 1.29 is 21.7 Å². The van der Waals surface area contributed by atoms with E-state index >= 15 is 0 Å². The highest BCUT2D eigenvalue weighted by Gasteiger charge is 2.06. The normalized spacial score (nSPS) is 10.5. The van der Waals surface area contributed by atoms with Crippen LogP contribution in [0.25, 0.3) is 0 Å². The largest absolute Gasteiger partial charge is 0.397 e. The minimum atomic E-state index is -4.28. The molecule has 0 radical (unpaired) electrons. The average Bonchev–Trinajstić information content (AvgIpc) is 1.84. The first-order valence-electron chi connectivity index (χ1n) is 3.44. The Morgan fingerprint density at radius 1 is 1.46 bits per heavy atom. The second-order valence-corrected chi connectivity index (χ2v) is 3.72. The van der Waals surface area contributed by atoms with Crippen molar-refractivity contribution >= 4 is 16.1 Å². The van der Waals surface area contributed by atoms with Crippen LogP contribution in [0.4, 0.5) is 0 Å². The van der Waals surface area contributed by atoms with Gasteiger partial charge in [0.1, 0.15) is 14.1 Å². The number of hydrogen-bond acceptors (Lipinski definition) is 3. The average molecular weight is 212 g/mol. The molecule has 0 aromatic carbocycles. The third-order valence-electron chi connectivity index (χ3n) is 1.46. The fourth-order valence-electron chi connectivity index (χ4n) is 0.518. The fraction of sp³-hybridized carbons (Fsp3) is 0.857. The summed E-state index contributed by atoms with van der Waals surface area (Å²) in [6.45, 7) is 1.83. The minimum absolute atomic E-state index is 0. The Kier molecular flexibility index (Phi) is 7.01. The molecule has 0 aromatic heterocycles. The van der Waals surface area contributed by atoms with Crippen molar-refractivity contribution in [2.24, 2.45) is 0 Å². The molecule has 0 bridgehead atoms. The molecule has 0 aliphatic rings. The SMILES string of the molecule is C.CC(CCOS(=O)(=O)O)=[N+](C)C. The lowest BCUT2D eigenvalue weighted by atomic mass is 10.3. The van der Waals surface area contributed by atoms with Crippen LogP contribution in [0, 0.1) is 0 Å².